The summed E-state index contributed by atoms with van der Waals surface area (Å²) >= 11 is 0. The monoisotopic (exact) mass is 705 g/mol. The Labute approximate surface area is 325 Å². The number of nitrogens with zero attached hydrogens (tertiary/aromatic N) is 1. The Morgan fingerprint density at radius 1 is 0.400 bits per heavy atom. The van der Waals surface area contributed by atoms with Crippen LogP contribution in [0.15, 0.2) is 212 Å². The summed E-state index contributed by atoms with van der Waals surface area (Å²) in [6, 6.07) is 71.7. The van der Waals surface area contributed by atoms with Gasteiger partial charge in [0.05, 0.1) is 5.69 Å². The second-order valence-electron chi connectivity index (χ2n) is 13.9. The number of hydrogen-bond donors (Lipinski definition) is 0. The largest absolute Gasteiger partial charge is 0.310 e. The van der Waals surface area contributed by atoms with Crippen LogP contribution in [0.25, 0.3) is 34.1 Å². The molecule has 0 aliphatic heterocycles. The van der Waals surface area contributed by atoms with Crippen LogP contribution in [0.2, 0.25) is 0 Å². The van der Waals surface area contributed by atoms with E-state index in [2.05, 4.69) is 243 Å². The van der Waals surface area contributed by atoms with E-state index in [-0.39, 0.29) is 0 Å². The predicted molar refractivity (Wildman–Crippen MR) is 237 cm³/mol. The smallest absolute Gasteiger partial charge is 0.0540 e. The van der Waals surface area contributed by atoms with E-state index in [9.17, 15) is 0 Å². The van der Waals surface area contributed by atoms with Crippen molar-refractivity contribution in [3.63, 3.8) is 0 Å². The normalized spacial score (nSPS) is 11.0. The molecule has 8 aromatic carbocycles. The lowest BCUT2D eigenvalue weighted by Gasteiger charge is -2.27. The van der Waals surface area contributed by atoms with Crippen molar-refractivity contribution in [2.24, 2.45) is 0 Å². The highest BCUT2D eigenvalue weighted by molar-refractivity contribution is 6.03. The van der Waals surface area contributed by atoms with Crippen LogP contribution in [0, 0.1) is 13.8 Å². The van der Waals surface area contributed by atoms with Gasteiger partial charge in [0.1, 0.15) is 0 Å². The number of para-hydroxylation sites is 1. The Kier molecular flexibility index (Phi) is 10.4. The summed E-state index contributed by atoms with van der Waals surface area (Å²) in [5.74, 6) is 0. The molecule has 1 heteroatoms. The fraction of sp³-hybridized carbons (Fsp3) is 0.0370. The molecule has 0 atom stereocenters. The van der Waals surface area contributed by atoms with Crippen LogP contribution in [-0.2, 0) is 0 Å². The van der Waals surface area contributed by atoms with Gasteiger partial charge in [0.25, 0.3) is 0 Å². The Morgan fingerprint density at radius 2 is 0.873 bits per heavy atom. The summed E-state index contributed by atoms with van der Waals surface area (Å²) in [4.78, 5) is 2.37. The van der Waals surface area contributed by atoms with Gasteiger partial charge in [-0.15, -0.1) is 0 Å². The predicted octanol–water partition coefficient (Wildman–Crippen LogP) is 14.7. The zero-order valence-electron chi connectivity index (χ0n) is 31.3. The van der Waals surface area contributed by atoms with Gasteiger partial charge >= 0.3 is 0 Å². The number of benzene rings is 8. The van der Waals surface area contributed by atoms with E-state index < -0.39 is 0 Å². The van der Waals surface area contributed by atoms with Crippen molar-refractivity contribution < 1.29 is 0 Å². The number of anilines is 3. The van der Waals surface area contributed by atoms with E-state index >= 15 is 0 Å². The Bertz CT molecular complexity index is 2510. The van der Waals surface area contributed by atoms with E-state index in [0.717, 1.165) is 22.6 Å². The van der Waals surface area contributed by atoms with Crippen molar-refractivity contribution >= 4 is 51.1 Å². The van der Waals surface area contributed by atoms with E-state index in [0.29, 0.717) is 0 Å². The third-order valence-electron chi connectivity index (χ3n) is 10.1. The van der Waals surface area contributed by atoms with Gasteiger partial charge in [0.15, 0.2) is 0 Å². The Balaban J connectivity index is 1.18. The van der Waals surface area contributed by atoms with Crippen LogP contribution in [0.1, 0.15) is 44.5 Å². The molecule has 0 aliphatic rings. The first-order valence-corrected chi connectivity index (χ1v) is 18.9. The lowest BCUT2D eigenvalue weighted by Crippen LogP contribution is -2.10. The third kappa shape index (κ3) is 8.03. The summed E-state index contributed by atoms with van der Waals surface area (Å²) in [5, 5.41) is 2.39. The molecule has 0 unspecified atom stereocenters. The van der Waals surface area contributed by atoms with E-state index in [1.807, 2.05) is 0 Å². The highest BCUT2D eigenvalue weighted by atomic mass is 15.1. The van der Waals surface area contributed by atoms with E-state index in [4.69, 9.17) is 0 Å². The van der Waals surface area contributed by atoms with Crippen molar-refractivity contribution in [3.05, 3.63) is 257 Å². The van der Waals surface area contributed by atoms with Crippen LogP contribution in [0.4, 0.5) is 17.1 Å². The summed E-state index contributed by atoms with van der Waals surface area (Å²) in [7, 11) is 0. The zero-order valence-corrected chi connectivity index (χ0v) is 31.3. The first kappa shape index (κ1) is 35.1. The molecule has 8 rings (SSSR count). The molecule has 0 N–H and O–H groups in total. The summed E-state index contributed by atoms with van der Waals surface area (Å²) in [6.07, 6.45) is 8.94. The molecule has 0 saturated carbocycles. The topological polar surface area (TPSA) is 3.24 Å². The number of allylic oxidation sites excluding steroid dienone is 2. The van der Waals surface area contributed by atoms with Gasteiger partial charge in [-0.05, 0) is 100 Å². The SMILES string of the molecule is Cc1ccc(C(=Cc2ccc(N(c3ccccc3)c3ccc(C=CC=C(c4ccccc4)c4ccccc4)c4ccccc34)cc2)c2ccc(C)cc2)cc1. The Morgan fingerprint density at radius 3 is 1.44 bits per heavy atom. The lowest BCUT2D eigenvalue weighted by molar-refractivity contribution is 1.29. The van der Waals surface area contributed by atoms with Gasteiger partial charge in [-0.3, -0.25) is 0 Å². The van der Waals surface area contributed by atoms with Crippen LogP contribution >= 0.6 is 0 Å². The summed E-state index contributed by atoms with van der Waals surface area (Å²) < 4.78 is 0. The minimum absolute atomic E-state index is 1.10. The molecule has 1 nitrogen and oxygen atoms in total. The van der Waals surface area contributed by atoms with Crippen LogP contribution in [0.5, 0.6) is 0 Å². The molecule has 0 heterocycles. The minimum atomic E-state index is 1.10. The highest BCUT2D eigenvalue weighted by Crippen LogP contribution is 2.40. The molecule has 0 radical (unpaired) electrons. The molecule has 8 aromatic rings. The van der Waals surface area contributed by atoms with Crippen molar-refractivity contribution in [1.29, 1.82) is 0 Å². The average molecular weight is 706 g/mol. The summed E-state index contributed by atoms with van der Waals surface area (Å²) in [6.45, 7) is 4.27. The molecule has 0 bridgehead atoms. The molecule has 0 aromatic heterocycles. The van der Waals surface area contributed by atoms with Gasteiger partial charge in [0.2, 0.25) is 0 Å². The maximum Gasteiger partial charge on any atom is 0.0540 e. The zero-order chi connectivity index (χ0) is 37.4. The number of rotatable bonds is 10. The first-order valence-electron chi connectivity index (χ1n) is 18.9. The maximum absolute atomic E-state index is 2.37. The van der Waals surface area contributed by atoms with E-state index in [1.165, 1.54) is 60.9 Å². The lowest BCUT2D eigenvalue weighted by atomic mass is 9.94. The summed E-state index contributed by atoms with van der Waals surface area (Å²) in [5.41, 5.74) is 15.4. The molecular formula is C54H43N. The fourth-order valence-electron chi connectivity index (χ4n) is 7.18. The molecule has 264 valence electrons. The molecule has 0 amide bonds. The maximum atomic E-state index is 2.37. The first-order chi connectivity index (χ1) is 27.1. The third-order valence-corrected chi connectivity index (χ3v) is 10.1. The molecule has 55 heavy (non-hydrogen) atoms. The van der Waals surface area contributed by atoms with Crippen LogP contribution in [0.3, 0.4) is 0 Å². The number of hydrogen-bond acceptors (Lipinski definition) is 1. The second-order valence-corrected chi connectivity index (χ2v) is 13.9. The quantitative estimate of drug-likeness (QED) is 0.101. The number of fused-ring (bicyclic) bond motifs is 1. The van der Waals surface area contributed by atoms with Gasteiger partial charge in [-0.2, -0.15) is 0 Å². The molecule has 0 saturated heterocycles. The number of aryl methyl sites for hydroxylation is 2. The van der Waals surface area contributed by atoms with Crippen molar-refractivity contribution in [2.45, 2.75) is 13.8 Å². The average Bonchev–Trinajstić information content (AvgIpc) is 3.24. The fourth-order valence-corrected chi connectivity index (χ4v) is 7.18. The van der Waals surface area contributed by atoms with Crippen molar-refractivity contribution in [2.75, 3.05) is 4.90 Å². The second kappa shape index (κ2) is 16.4. The Hall–Kier alpha value is -6.96. The highest BCUT2D eigenvalue weighted by Gasteiger charge is 2.16. The van der Waals surface area contributed by atoms with Gasteiger partial charge in [-0.25, -0.2) is 0 Å². The molecule has 0 fully saturated rings. The molecule has 0 spiro atoms. The molecular weight excluding hydrogens is 663 g/mol. The van der Waals surface area contributed by atoms with Gasteiger partial charge in [-0.1, -0.05) is 199 Å². The standard InChI is InChI=1S/C54H43N/c1-40-25-31-46(32-26-40)53(47-33-27-41(2)28-34-47)39-42-29-36-49(37-30-42)55(48-20-10-5-11-21-48)54-38-35-45(51-22-12-13-23-52(51)54)19-14-24-50(43-15-6-3-7-16-43)44-17-8-4-9-18-44/h3-39H,1-2H3. The van der Waals surface area contributed by atoms with E-state index in [1.54, 1.807) is 0 Å². The molecule has 0 aliphatic carbocycles. The van der Waals surface area contributed by atoms with Crippen LogP contribution in [-0.4, -0.2) is 0 Å². The minimum Gasteiger partial charge on any atom is -0.310 e. The van der Waals surface area contributed by atoms with Gasteiger partial charge in [0, 0.05) is 16.8 Å². The van der Waals surface area contributed by atoms with Crippen molar-refractivity contribution in [3.8, 4) is 0 Å². The van der Waals surface area contributed by atoms with Crippen molar-refractivity contribution in [1.82, 2.24) is 0 Å². The van der Waals surface area contributed by atoms with Crippen LogP contribution < -0.4 is 4.90 Å². The van der Waals surface area contributed by atoms with Gasteiger partial charge < -0.3 is 4.90 Å².